The first-order valence-corrected chi connectivity index (χ1v) is 10.5. The van der Waals surface area contributed by atoms with E-state index in [1.54, 1.807) is 0 Å². The summed E-state index contributed by atoms with van der Waals surface area (Å²) < 4.78 is 0. The Labute approximate surface area is 143 Å². The van der Waals surface area contributed by atoms with Gasteiger partial charge in [0.2, 0.25) is 0 Å². The Morgan fingerprint density at radius 2 is 0.957 bits per heavy atom. The summed E-state index contributed by atoms with van der Waals surface area (Å²) >= 11 is 0. The van der Waals surface area contributed by atoms with Crippen LogP contribution < -0.4 is 0 Å². The lowest BCUT2D eigenvalue weighted by atomic mass is 9.71. The number of carbonyl (C=O) groups is 1. The van der Waals surface area contributed by atoms with Gasteiger partial charge in [-0.2, -0.15) is 0 Å². The zero-order valence-electron chi connectivity index (χ0n) is 15.1. The Bertz CT molecular complexity index is 316. The molecule has 0 radical (unpaired) electrons. The van der Waals surface area contributed by atoms with E-state index in [1.165, 1.54) is 96.3 Å². The van der Waals surface area contributed by atoms with E-state index in [4.69, 9.17) is 0 Å². The molecular formula is C21H38O2. The molecule has 2 fully saturated rings. The molecular weight excluding hydrogens is 284 g/mol. The monoisotopic (exact) mass is 322 g/mol. The fourth-order valence-corrected chi connectivity index (χ4v) is 5.01. The Hall–Kier alpha value is -0.530. The van der Waals surface area contributed by atoms with Crippen molar-refractivity contribution in [2.45, 2.75) is 109 Å². The molecule has 0 amide bonds. The second-order valence-corrected chi connectivity index (χ2v) is 8.12. The number of aliphatic carboxylic acids is 1. The molecule has 0 aromatic rings. The van der Waals surface area contributed by atoms with E-state index in [0.717, 1.165) is 12.8 Å². The molecule has 0 aromatic heterocycles. The summed E-state index contributed by atoms with van der Waals surface area (Å²) in [7, 11) is 0. The second-order valence-electron chi connectivity index (χ2n) is 8.12. The normalized spacial score (nSPS) is 30.4. The Balaban J connectivity index is 2.04. The van der Waals surface area contributed by atoms with Gasteiger partial charge in [0, 0.05) is 0 Å². The number of hydrogen-bond donors (Lipinski definition) is 1. The fraction of sp³-hybridized carbons (Fsp3) is 0.952. The van der Waals surface area contributed by atoms with Gasteiger partial charge in [0.1, 0.15) is 0 Å². The van der Waals surface area contributed by atoms with Gasteiger partial charge >= 0.3 is 5.97 Å². The van der Waals surface area contributed by atoms with Crippen LogP contribution in [-0.2, 0) is 4.79 Å². The van der Waals surface area contributed by atoms with Gasteiger partial charge in [-0.05, 0) is 24.7 Å². The van der Waals surface area contributed by atoms with Crippen molar-refractivity contribution in [2.24, 2.45) is 17.8 Å². The highest BCUT2D eigenvalue weighted by Crippen LogP contribution is 2.38. The number of carboxylic acids is 1. The predicted octanol–water partition coefficient (Wildman–Crippen LogP) is 6.58. The maximum atomic E-state index is 11.9. The Kier molecular flexibility index (Phi) is 9.07. The molecule has 2 nitrogen and oxygen atoms in total. The van der Waals surface area contributed by atoms with Crippen LogP contribution in [0.3, 0.4) is 0 Å². The molecule has 2 atom stereocenters. The van der Waals surface area contributed by atoms with Gasteiger partial charge < -0.3 is 5.11 Å². The summed E-state index contributed by atoms with van der Waals surface area (Å²) in [5, 5.41) is 9.84. The van der Waals surface area contributed by atoms with Gasteiger partial charge in [-0.25, -0.2) is 0 Å². The van der Waals surface area contributed by atoms with Crippen LogP contribution in [0, 0.1) is 17.8 Å². The zero-order valence-corrected chi connectivity index (χ0v) is 15.1. The highest BCUT2D eigenvalue weighted by molar-refractivity contribution is 5.70. The van der Waals surface area contributed by atoms with E-state index in [-0.39, 0.29) is 5.92 Å². The third kappa shape index (κ3) is 6.85. The van der Waals surface area contributed by atoms with Gasteiger partial charge in [-0.1, -0.05) is 96.3 Å². The zero-order chi connectivity index (χ0) is 16.3. The number of hydrogen-bond acceptors (Lipinski definition) is 1. The fourth-order valence-electron chi connectivity index (χ4n) is 5.01. The van der Waals surface area contributed by atoms with Gasteiger partial charge in [-0.15, -0.1) is 0 Å². The van der Waals surface area contributed by atoms with Gasteiger partial charge in [0.25, 0.3) is 0 Å². The minimum absolute atomic E-state index is 0.0685. The van der Waals surface area contributed by atoms with E-state index in [2.05, 4.69) is 0 Å². The van der Waals surface area contributed by atoms with E-state index < -0.39 is 5.97 Å². The van der Waals surface area contributed by atoms with Crippen LogP contribution in [0.2, 0.25) is 0 Å². The second kappa shape index (κ2) is 11.1. The maximum absolute atomic E-state index is 11.9. The average molecular weight is 323 g/mol. The lowest BCUT2D eigenvalue weighted by molar-refractivity contribution is -0.145. The van der Waals surface area contributed by atoms with Crippen molar-refractivity contribution in [3.8, 4) is 0 Å². The van der Waals surface area contributed by atoms with Crippen molar-refractivity contribution in [2.75, 3.05) is 0 Å². The molecule has 1 N–H and O–H groups in total. The minimum Gasteiger partial charge on any atom is -0.481 e. The van der Waals surface area contributed by atoms with Gasteiger partial charge in [0.05, 0.1) is 5.92 Å². The summed E-state index contributed by atoms with van der Waals surface area (Å²) in [4.78, 5) is 11.9. The molecule has 2 unspecified atom stereocenters. The maximum Gasteiger partial charge on any atom is 0.306 e. The molecule has 0 aliphatic heterocycles. The molecule has 0 saturated heterocycles. The summed E-state index contributed by atoms with van der Waals surface area (Å²) in [6, 6.07) is 0. The van der Waals surface area contributed by atoms with Crippen molar-refractivity contribution < 1.29 is 9.90 Å². The predicted molar refractivity (Wildman–Crippen MR) is 96.6 cm³/mol. The van der Waals surface area contributed by atoms with Crippen molar-refractivity contribution >= 4 is 5.97 Å². The third-order valence-electron chi connectivity index (χ3n) is 6.39. The molecule has 2 rings (SSSR count). The van der Waals surface area contributed by atoms with Crippen LogP contribution in [0.25, 0.3) is 0 Å². The van der Waals surface area contributed by atoms with Gasteiger partial charge in [-0.3, -0.25) is 4.79 Å². The first-order chi connectivity index (χ1) is 11.3. The lowest BCUT2D eigenvalue weighted by Gasteiger charge is -2.33. The van der Waals surface area contributed by atoms with E-state index in [1.807, 2.05) is 0 Å². The molecule has 2 heteroatoms. The minimum atomic E-state index is -0.507. The van der Waals surface area contributed by atoms with E-state index >= 15 is 0 Å². The SMILES string of the molecule is O=C(O)C1CCCCCCCCC1C1CCCCCCCCC1. The summed E-state index contributed by atoms with van der Waals surface area (Å²) in [5.41, 5.74) is 0. The van der Waals surface area contributed by atoms with Crippen molar-refractivity contribution in [3.63, 3.8) is 0 Å². The smallest absolute Gasteiger partial charge is 0.306 e. The molecule has 2 aliphatic carbocycles. The number of carboxylic acid groups (broad SMARTS) is 1. The van der Waals surface area contributed by atoms with E-state index in [9.17, 15) is 9.90 Å². The summed E-state index contributed by atoms with van der Waals surface area (Å²) in [6.07, 6.45) is 21.8. The molecule has 0 heterocycles. The van der Waals surface area contributed by atoms with Crippen LogP contribution >= 0.6 is 0 Å². The van der Waals surface area contributed by atoms with Crippen molar-refractivity contribution in [3.05, 3.63) is 0 Å². The number of rotatable bonds is 2. The largest absolute Gasteiger partial charge is 0.481 e. The Morgan fingerprint density at radius 3 is 1.43 bits per heavy atom. The first kappa shape index (κ1) is 18.8. The van der Waals surface area contributed by atoms with Crippen LogP contribution in [0.4, 0.5) is 0 Å². The van der Waals surface area contributed by atoms with Crippen LogP contribution in [0.15, 0.2) is 0 Å². The topological polar surface area (TPSA) is 37.3 Å². The molecule has 0 spiro atoms. The molecule has 2 saturated carbocycles. The molecule has 2 aliphatic rings. The highest BCUT2D eigenvalue weighted by Gasteiger charge is 2.33. The van der Waals surface area contributed by atoms with Crippen LogP contribution in [0.5, 0.6) is 0 Å². The first-order valence-electron chi connectivity index (χ1n) is 10.5. The van der Waals surface area contributed by atoms with E-state index in [0.29, 0.717) is 11.8 Å². The molecule has 134 valence electrons. The lowest BCUT2D eigenvalue weighted by Crippen LogP contribution is -2.30. The molecule has 23 heavy (non-hydrogen) atoms. The van der Waals surface area contributed by atoms with Crippen LogP contribution in [0.1, 0.15) is 109 Å². The quantitative estimate of drug-likeness (QED) is 0.623. The summed E-state index contributed by atoms with van der Waals surface area (Å²) in [5.74, 6) is 0.548. The molecule has 0 aromatic carbocycles. The van der Waals surface area contributed by atoms with Crippen molar-refractivity contribution in [1.82, 2.24) is 0 Å². The van der Waals surface area contributed by atoms with Crippen molar-refractivity contribution in [1.29, 1.82) is 0 Å². The highest BCUT2D eigenvalue weighted by atomic mass is 16.4. The van der Waals surface area contributed by atoms with Gasteiger partial charge in [0.15, 0.2) is 0 Å². The standard InChI is InChI=1S/C21H38O2/c22-21(23)20-17-13-9-5-4-8-12-16-19(20)18-14-10-6-2-1-3-7-11-15-18/h18-20H,1-17H2,(H,22,23). The van der Waals surface area contributed by atoms with Crippen LogP contribution in [-0.4, -0.2) is 11.1 Å². The third-order valence-corrected chi connectivity index (χ3v) is 6.39. The Morgan fingerprint density at radius 1 is 0.565 bits per heavy atom. The molecule has 0 bridgehead atoms. The average Bonchev–Trinajstić information content (AvgIpc) is 2.56. The summed E-state index contributed by atoms with van der Waals surface area (Å²) in [6.45, 7) is 0.